The largest absolute Gasteiger partial charge is 0.388 e. The van der Waals surface area contributed by atoms with Crippen molar-refractivity contribution in [3.63, 3.8) is 0 Å². The molecule has 0 aromatic heterocycles. The SMILES string of the molecule is O=C/C=C/C(=O)C(=O)CO. The first-order chi connectivity index (χ1) is 4.72. The van der Waals surface area contributed by atoms with Crippen molar-refractivity contribution in [2.24, 2.45) is 0 Å². The zero-order chi connectivity index (χ0) is 7.98. The number of hydrogen-bond acceptors (Lipinski definition) is 4. The fourth-order valence-electron chi connectivity index (χ4n) is 0.298. The first-order valence-corrected chi connectivity index (χ1v) is 2.52. The zero-order valence-corrected chi connectivity index (χ0v) is 5.11. The van der Waals surface area contributed by atoms with Crippen LogP contribution in [-0.4, -0.2) is 29.6 Å². The summed E-state index contributed by atoms with van der Waals surface area (Å²) in [6.07, 6.45) is 2.09. The Morgan fingerprint density at radius 3 is 2.40 bits per heavy atom. The Labute approximate surface area is 57.2 Å². The third-order valence-corrected chi connectivity index (χ3v) is 0.745. The van der Waals surface area contributed by atoms with Crippen molar-refractivity contribution in [3.05, 3.63) is 12.2 Å². The van der Waals surface area contributed by atoms with E-state index in [0.29, 0.717) is 6.29 Å². The number of aliphatic hydroxyl groups excluding tert-OH is 1. The van der Waals surface area contributed by atoms with E-state index in [9.17, 15) is 14.4 Å². The lowest BCUT2D eigenvalue weighted by Gasteiger charge is -1.84. The standard InChI is InChI=1S/C6H6O4/c7-3-1-2-5(9)6(10)4-8/h1-3,8H,4H2/b2-1+. The Bertz CT molecular complexity index is 180. The van der Waals surface area contributed by atoms with Crippen molar-refractivity contribution in [2.75, 3.05) is 6.61 Å². The summed E-state index contributed by atoms with van der Waals surface area (Å²) in [5.74, 6) is -1.78. The van der Waals surface area contributed by atoms with Crippen LogP contribution < -0.4 is 0 Å². The second-order valence-corrected chi connectivity index (χ2v) is 1.44. The molecule has 0 aromatic rings. The summed E-state index contributed by atoms with van der Waals surface area (Å²) in [7, 11) is 0. The molecule has 0 aliphatic carbocycles. The number of ketones is 2. The molecule has 1 N–H and O–H groups in total. The lowest BCUT2D eigenvalue weighted by atomic mass is 10.2. The molecule has 10 heavy (non-hydrogen) atoms. The van der Waals surface area contributed by atoms with E-state index in [1.807, 2.05) is 0 Å². The molecule has 0 unspecified atom stereocenters. The molecular weight excluding hydrogens is 136 g/mol. The number of allylic oxidation sites excluding steroid dienone is 2. The highest BCUT2D eigenvalue weighted by Gasteiger charge is 2.06. The summed E-state index contributed by atoms with van der Waals surface area (Å²) in [5, 5.41) is 8.11. The summed E-state index contributed by atoms with van der Waals surface area (Å²) in [5.41, 5.74) is 0. The van der Waals surface area contributed by atoms with Crippen LogP contribution in [0.15, 0.2) is 12.2 Å². The average molecular weight is 142 g/mol. The van der Waals surface area contributed by atoms with Crippen LogP contribution in [0.25, 0.3) is 0 Å². The molecular formula is C6H6O4. The van der Waals surface area contributed by atoms with Crippen LogP contribution in [0.1, 0.15) is 0 Å². The summed E-state index contributed by atoms with van der Waals surface area (Å²) in [4.78, 5) is 30.2. The predicted molar refractivity (Wildman–Crippen MR) is 32.3 cm³/mol. The van der Waals surface area contributed by atoms with Gasteiger partial charge in [0, 0.05) is 0 Å². The molecule has 0 aliphatic rings. The molecule has 0 saturated heterocycles. The van der Waals surface area contributed by atoms with Crippen LogP contribution in [0.5, 0.6) is 0 Å². The van der Waals surface area contributed by atoms with E-state index >= 15 is 0 Å². The molecule has 4 heteroatoms. The van der Waals surface area contributed by atoms with E-state index in [-0.39, 0.29) is 0 Å². The van der Waals surface area contributed by atoms with Gasteiger partial charge >= 0.3 is 0 Å². The van der Waals surface area contributed by atoms with Crippen molar-refractivity contribution in [1.82, 2.24) is 0 Å². The van der Waals surface area contributed by atoms with Gasteiger partial charge in [0.05, 0.1) is 0 Å². The minimum absolute atomic E-state index is 0.378. The maximum absolute atomic E-state index is 10.4. The number of carbonyl (C=O) groups excluding carboxylic acids is 3. The number of aldehydes is 1. The Morgan fingerprint density at radius 1 is 1.40 bits per heavy atom. The second-order valence-electron chi connectivity index (χ2n) is 1.44. The van der Waals surface area contributed by atoms with Gasteiger partial charge in [-0.05, 0) is 12.2 Å². The van der Waals surface area contributed by atoms with Gasteiger partial charge < -0.3 is 5.11 Å². The third kappa shape index (κ3) is 2.88. The number of rotatable bonds is 4. The monoisotopic (exact) mass is 142 g/mol. The molecule has 0 amide bonds. The lowest BCUT2D eigenvalue weighted by Crippen LogP contribution is -2.14. The maximum atomic E-state index is 10.4. The minimum Gasteiger partial charge on any atom is -0.388 e. The fraction of sp³-hybridized carbons (Fsp3) is 0.167. The molecule has 0 spiro atoms. The van der Waals surface area contributed by atoms with Crippen molar-refractivity contribution >= 4 is 17.9 Å². The summed E-state index contributed by atoms with van der Waals surface area (Å²) >= 11 is 0. The van der Waals surface area contributed by atoms with Gasteiger partial charge in [0.25, 0.3) is 0 Å². The smallest absolute Gasteiger partial charge is 0.227 e. The minimum atomic E-state index is -0.918. The summed E-state index contributed by atoms with van der Waals surface area (Å²) in [6.45, 7) is -0.817. The van der Waals surface area contributed by atoms with Gasteiger partial charge in [-0.15, -0.1) is 0 Å². The highest BCUT2D eigenvalue weighted by Crippen LogP contribution is 1.77. The summed E-state index contributed by atoms with van der Waals surface area (Å²) in [6, 6.07) is 0. The molecule has 0 aliphatic heterocycles. The van der Waals surface area contributed by atoms with E-state index in [0.717, 1.165) is 12.2 Å². The van der Waals surface area contributed by atoms with E-state index in [1.165, 1.54) is 0 Å². The lowest BCUT2D eigenvalue weighted by molar-refractivity contribution is -0.135. The number of carbonyl (C=O) groups is 3. The third-order valence-electron chi connectivity index (χ3n) is 0.745. The van der Waals surface area contributed by atoms with Crippen molar-refractivity contribution in [1.29, 1.82) is 0 Å². The average Bonchev–Trinajstić information content (AvgIpc) is 1.98. The molecule has 0 radical (unpaired) electrons. The van der Waals surface area contributed by atoms with E-state index in [4.69, 9.17) is 5.11 Å². The quantitative estimate of drug-likeness (QED) is 0.306. The maximum Gasteiger partial charge on any atom is 0.227 e. The Morgan fingerprint density at radius 2 is 2.00 bits per heavy atom. The number of aliphatic hydroxyl groups is 1. The van der Waals surface area contributed by atoms with E-state index < -0.39 is 18.2 Å². The molecule has 4 nitrogen and oxygen atoms in total. The van der Waals surface area contributed by atoms with Gasteiger partial charge in [0.15, 0.2) is 0 Å². The van der Waals surface area contributed by atoms with Gasteiger partial charge in [-0.3, -0.25) is 14.4 Å². The van der Waals surface area contributed by atoms with Gasteiger partial charge in [-0.25, -0.2) is 0 Å². The Kier molecular flexibility index (Phi) is 3.99. The highest BCUT2D eigenvalue weighted by molar-refractivity contribution is 6.42. The van der Waals surface area contributed by atoms with Gasteiger partial charge in [0.1, 0.15) is 12.9 Å². The molecule has 0 saturated carbocycles. The number of hydrogen-bond donors (Lipinski definition) is 1. The molecule has 0 atom stereocenters. The Balaban J connectivity index is 3.97. The van der Waals surface area contributed by atoms with Crippen molar-refractivity contribution in [2.45, 2.75) is 0 Å². The highest BCUT2D eigenvalue weighted by atomic mass is 16.3. The first-order valence-electron chi connectivity index (χ1n) is 2.52. The summed E-state index contributed by atoms with van der Waals surface area (Å²) < 4.78 is 0. The van der Waals surface area contributed by atoms with E-state index in [1.54, 1.807) is 0 Å². The second kappa shape index (κ2) is 4.58. The normalized spacial score (nSPS) is 9.70. The van der Waals surface area contributed by atoms with Crippen molar-refractivity contribution in [3.8, 4) is 0 Å². The van der Waals surface area contributed by atoms with Gasteiger partial charge in [-0.1, -0.05) is 0 Å². The molecule has 0 heterocycles. The van der Waals surface area contributed by atoms with Crippen LogP contribution in [-0.2, 0) is 14.4 Å². The Hall–Kier alpha value is -1.29. The van der Waals surface area contributed by atoms with Crippen LogP contribution in [0.4, 0.5) is 0 Å². The topological polar surface area (TPSA) is 71.4 Å². The van der Waals surface area contributed by atoms with Crippen LogP contribution in [0.3, 0.4) is 0 Å². The molecule has 0 fully saturated rings. The molecule has 54 valence electrons. The zero-order valence-electron chi connectivity index (χ0n) is 5.11. The molecule has 0 aromatic carbocycles. The predicted octanol–water partition coefficient (Wildman–Crippen LogP) is -1.13. The van der Waals surface area contributed by atoms with Crippen LogP contribution in [0.2, 0.25) is 0 Å². The number of Topliss-reactive ketones (excluding diaryl/α,β-unsaturated/α-hetero) is 1. The van der Waals surface area contributed by atoms with Crippen LogP contribution >= 0.6 is 0 Å². The van der Waals surface area contributed by atoms with Crippen molar-refractivity contribution < 1.29 is 19.5 Å². The molecule has 0 bridgehead atoms. The van der Waals surface area contributed by atoms with E-state index in [2.05, 4.69) is 0 Å². The first kappa shape index (κ1) is 8.71. The van der Waals surface area contributed by atoms with Gasteiger partial charge in [-0.2, -0.15) is 0 Å². The van der Waals surface area contributed by atoms with Gasteiger partial charge in [0.2, 0.25) is 11.6 Å². The molecule has 0 rings (SSSR count). The van der Waals surface area contributed by atoms with Crippen LogP contribution in [0, 0.1) is 0 Å². The fourth-order valence-corrected chi connectivity index (χ4v) is 0.298.